The molecule has 20 heavy (non-hydrogen) atoms. The third-order valence-corrected chi connectivity index (χ3v) is 4.26. The van der Waals surface area contributed by atoms with Crippen molar-refractivity contribution in [2.24, 2.45) is 0 Å². The highest BCUT2D eigenvalue weighted by Crippen LogP contribution is 2.24. The fourth-order valence-electron chi connectivity index (χ4n) is 2.14. The summed E-state index contributed by atoms with van der Waals surface area (Å²) in [6.07, 6.45) is 4.56. The van der Waals surface area contributed by atoms with Crippen LogP contribution in [-0.4, -0.2) is 15.1 Å². The largest absolute Gasteiger partial charge is 0.388 e. The molecule has 0 aliphatic heterocycles. The second-order valence-corrected chi connectivity index (χ2v) is 5.75. The predicted molar refractivity (Wildman–Crippen MR) is 81.9 cm³/mol. The highest BCUT2D eigenvalue weighted by atomic mass is 32.1. The van der Waals surface area contributed by atoms with Crippen LogP contribution in [0.5, 0.6) is 0 Å². The standard InChI is InChI=1S/C16H16N2OS/c1-2-11-3-4-13(17-9-11)8-15(19)12-7-16-14(18-10-12)5-6-20-16/h3-7,9-10,15,19H,2,8H2,1H3. The summed E-state index contributed by atoms with van der Waals surface area (Å²) >= 11 is 1.64. The number of aliphatic hydroxyl groups excluding tert-OH is 1. The van der Waals surface area contributed by atoms with Crippen molar-refractivity contribution >= 4 is 21.6 Å². The molecule has 1 unspecified atom stereocenters. The Morgan fingerprint density at radius 1 is 1.20 bits per heavy atom. The van der Waals surface area contributed by atoms with Crippen molar-refractivity contribution in [2.75, 3.05) is 0 Å². The average molecular weight is 284 g/mol. The van der Waals surface area contributed by atoms with Crippen LogP contribution in [0.4, 0.5) is 0 Å². The van der Waals surface area contributed by atoms with Gasteiger partial charge in [-0.3, -0.25) is 9.97 Å². The van der Waals surface area contributed by atoms with Gasteiger partial charge in [0.1, 0.15) is 0 Å². The number of aromatic nitrogens is 2. The maximum Gasteiger partial charge on any atom is 0.0860 e. The third kappa shape index (κ3) is 2.71. The molecule has 0 bridgehead atoms. The predicted octanol–water partition coefficient (Wildman–Crippen LogP) is 3.53. The molecule has 1 N–H and O–H groups in total. The zero-order valence-corrected chi connectivity index (χ0v) is 12.1. The summed E-state index contributed by atoms with van der Waals surface area (Å²) < 4.78 is 1.11. The Bertz CT molecular complexity index is 706. The van der Waals surface area contributed by atoms with Crippen LogP contribution < -0.4 is 0 Å². The maximum absolute atomic E-state index is 10.3. The molecule has 3 nitrogen and oxygen atoms in total. The Hall–Kier alpha value is -1.78. The fourth-order valence-corrected chi connectivity index (χ4v) is 2.93. The molecule has 3 rings (SSSR count). The number of rotatable bonds is 4. The van der Waals surface area contributed by atoms with E-state index in [4.69, 9.17) is 0 Å². The van der Waals surface area contributed by atoms with Gasteiger partial charge in [0.2, 0.25) is 0 Å². The van der Waals surface area contributed by atoms with E-state index in [-0.39, 0.29) is 0 Å². The zero-order valence-electron chi connectivity index (χ0n) is 11.3. The van der Waals surface area contributed by atoms with Crippen LogP contribution in [0, 0.1) is 0 Å². The molecular formula is C16H16N2OS. The molecule has 102 valence electrons. The SMILES string of the molecule is CCc1ccc(CC(O)c2cnc3ccsc3c2)nc1. The molecular weight excluding hydrogens is 268 g/mol. The van der Waals surface area contributed by atoms with Gasteiger partial charge in [-0.15, -0.1) is 11.3 Å². The third-order valence-electron chi connectivity index (χ3n) is 3.41. The number of aliphatic hydroxyl groups is 1. The summed E-state index contributed by atoms with van der Waals surface area (Å²) in [4.78, 5) is 8.75. The van der Waals surface area contributed by atoms with E-state index in [1.807, 2.05) is 29.8 Å². The van der Waals surface area contributed by atoms with Gasteiger partial charge in [-0.05, 0) is 35.6 Å². The van der Waals surface area contributed by atoms with E-state index in [0.29, 0.717) is 6.42 Å². The van der Waals surface area contributed by atoms with Crippen molar-refractivity contribution < 1.29 is 5.11 Å². The van der Waals surface area contributed by atoms with E-state index in [9.17, 15) is 5.11 Å². The molecule has 0 saturated carbocycles. The molecule has 3 aromatic heterocycles. The summed E-state index contributed by atoms with van der Waals surface area (Å²) in [5.41, 5.74) is 3.95. The first-order valence-electron chi connectivity index (χ1n) is 6.71. The topological polar surface area (TPSA) is 46.0 Å². The highest BCUT2D eigenvalue weighted by Gasteiger charge is 2.11. The van der Waals surface area contributed by atoms with Crippen LogP contribution in [-0.2, 0) is 12.8 Å². The Kier molecular flexibility index (Phi) is 3.76. The van der Waals surface area contributed by atoms with Crippen LogP contribution >= 0.6 is 11.3 Å². The zero-order chi connectivity index (χ0) is 13.9. The summed E-state index contributed by atoms with van der Waals surface area (Å²) in [6, 6.07) is 8.05. The van der Waals surface area contributed by atoms with Crippen LogP contribution in [0.1, 0.15) is 29.8 Å². The summed E-state index contributed by atoms with van der Waals surface area (Å²) in [7, 11) is 0. The normalized spacial score (nSPS) is 12.7. The van der Waals surface area contributed by atoms with E-state index in [1.54, 1.807) is 17.5 Å². The number of hydrogen-bond acceptors (Lipinski definition) is 4. The van der Waals surface area contributed by atoms with Crippen molar-refractivity contribution in [3.8, 4) is 0 Å². The minimum atomic E-state index is -0.561. The number of hydrogen-bond donors (Lipinski definition) is 1. The van der Waals surface area contributed by atoms with Gasteiger partial charge in [0.25, 0.3) is 0 Å². The van der Waals surface area contributed by atoms with E-state index in [1.165, 1.54) is 5.56 Å². The first-order chi connectivity index (χ1) is 9.76. The second kappa shape index (κ2) is 5.69. The molecule has 0 radical (unpaired) electrons. The molecule has 0 saturated heterocycles. The van der Waals surface area contributed by atoms with Gasteiger partial charge in [-0.25, -0.2) is 0 Å². The Morgan fingerprint density at radius 3 is 2.85 bits per heavy atom. The van der Waals surface area contributed by atoms with Gasteiger partial charge in [-0.2, -0.15) is 0 Å². The smallest absolute Gasteiger partial charge is 0.0860 e. The number of thiophene rings is 1. The Balaban J connectivity index is 1.78. The lowest BCUT2D eigenvalue weighted by Gasteiger charge is -2.10. The van der Waals surface area contributed by atoms with Crippen LogP contribution in [0.3, 0.4) is 0 Å². The molecule has 3 aromatic rings. The van der Waals surface area contributed by atoms with Gasteiger partial charge in [0, 0.05) is 30.1 Å². The monoisotopic (exact) mass is 284 g/mol. The van der Waals surface area contributed by atoms with Gasteiger partial charge in [0.15, 0.2) is 0 Å². The van der Waals surface area contributed by atoms with Crippen molar-refractivity contribution in [2.45, 2.75) is 25.9 Å². The van der Waals surface area contributed by atoms with E-state index >= 15 is 0 Å². The molecule has 0 aliphatic rings. The van der Waals surface area contributed by atoms with Crippen molar-refractivity contribution in [3.63, 3.8) is 0 Å². The summed E-state index contributed by atoms with van der Waals surface area (Å²) in [5.74, 6) is 0. The minimum Gasteiger partial charge on any atom is -0.388 e. The molecule has 0 aromatic carbocycles. The maximum atomic E-state index is 10.3. The Morgan fingerprint density at radius 2 is 2.10 bits per heavy atom. The number of aryl methyl sites for hydroxylation is 1. The van der Waals surface area contributed by atoms with Gasteiger partial charge >= 0.3 is 0 Å². The molecule has 0 aliphatic carbocycles. The van der Waals surface area contributed by atoms with Crippen molar-refractivity contribution in [1.29, 1.82) is 0 Å². The number of fused-ring (bicyclic) bond motifs is 1. The Labute approximate surface area is 122 Å². The van der Waals surface area contributed by atoms with Gasteiger partial charge < -0.3 is 5.11 Å². The van der Waals surface area contributed by atoms with E-state index < -0.39 is 6.10 Å². The highest BCUT2D eigenvalue weighted by molar-refractivity contribution is 7.17. The quantitative estimate of drug-likeness (QED) is 0.797. The van der Waals surface area contributed by atoms with Gasteiger partial charge in [-0.1, -0.05) is 13.0 Å². The first kappa shape index (κ1) is 13.2. The van der Waals surface area contributed by atoms with Crippen LogP contribution in [0.2, 0.25) is 0 Å². The lowest BCUT2D eigenvalue weighted by Crippen LogP contribution is -2.04. The summed E-state index contributed by atoms with van der Waals surface area (Å²) in [6.45, 7) is 2.10. The molecule has 3 heterocycles. The van der Waals surface area contributed by atoms with E-state index in [2.05, 4.69) is 23.0 Å². The molecule has 1 atom stereocenters. The van der Waals surface area contributed by atoms with Gasteiger partial charge in [0.05, 0.1) is 16.3 Å². The molecule has 0 amide bonds. The average Bonchev–Trinajstić information content (AvgIpc) is 2.95. The fraction of sp³-hybridized carbons (Fsp3) is 0.250. The van der Waals surface area contributed by atoms with Crippen LogP contribution in [0.25, 0.3) is 10.2 Å². The molecule has 0 fully saturated rings. The van der Waals surface area contributed by atoms with E-state index in [0.717, 1.165) is 27.9 Å². The lowest BCUT2D eigenvalue weighted by atomic mass is 10.1. The number of pyridine rings is 2. The van der Waals surface area contributed by atoms with Crippen LogP contribution in [0.15, 0.2) is 42.0 Å². The van der Waals surface area contributed by atoms with Crippen molar-refractivity contribution in [1.82, 2.24) is 9.97 Å². The second-order valence-electron chi connectivity index (χ2n) is 4.80. The number of nitrogens with zero attached hydrogens (tertiary/aromatic N) is 2. The molecule has 0 spiro atoms. The minimum absolute atomic E-state index is 0.516. The lowest BCUT2D eigenvalue weighted by molar-refractivity contribution is 0.177. The molecule has 4 heteroatoms. The first-order valence-corrected chi connectivity index (χ1v) is 7.59. The van der Waals surface area contributed by atoms with Crippen molar-refractivity contribution in [3.05, 3.63) is 58.9 Å². The summed E-state index contributed by atoms with van der Waals surface area (Å²) in [5, 5.41) is 12.3.